The van der Waals surface area contributed by atoms with Gasteiger partial charge in [0, 0.05) is 11.6 Å². The molecule has 6 nitrogen and oxygen atoms in total. The van der Waals surface area contributed by atoms with Crippen molar-refractivity contribution in [3.8, 4) is 0 Å². The Kier molecular flexibility index (Phi) is 5.39. The van der Waals surface area contributed by atoms with Gasteiger partial charge in [-0.1, -0.05) is 30.7 Å². The Labute approximate surface area is 134 Å². The molecule has 7 heteroatoms. The minimum atomic E-state index is -1.03. The fourth-order valence-corrected chi connectivity index (χ4v) is 2.67. The van der Waals surface area contributed by atoms with Gasteiger partial charge >= 0.3 is 6.03 Å². The van der Waals surface area contributed by atoms with Crippen molar-refractivity contribution in [2.45, 2.75) is 18.9 Å². The van der Waals surface area contributed by atoms with Crippen molar-refractivity contribution in [2.24, 2.45) is 5.73 Å². The van der Waals surface area contributed by atoms with Gasteiger partial charge in [0.25, 0.3) is 5.91 Å². The van der Waals surface area contributed by atoms with Gasteiger partial charge in [0.2, 0.25) is 0 Å². The first-order chi connectivity index (χ1) is 10.5. The van der Waals surface area contributed by atoms with Gasteiger partial charge in [-0.25, -0.2) is 4.79 Å². The van der Waals surface area contributed by atoms with Crippen LogP contribution in [0.2, 0.25) is 5.02 Å². The summed E-state index contributed by atoms with van der Waals surface area (Å²) in [5.41, 5.74) is 5.03. The number of ether oxygens (including phenoxy) is 1. The normalized spacial score (nSPS) is 21.3. The Bertz CT molecular complexity index is 549. The summed E-state index contributed by atoms with van der Waals surface area (Å²) >= 11 is 5.89. The molecule has 2 rings (SSSR count). The van der Waals surface area contributed by atoms with Gasteiger partial charge < -0.3 is 15.8 Å². The van der Waals surface area contributed by atoms with E-state index in [1.54, 1.807) is 24.3 Å². The summed E-state index contributed by atoms with van der Waals surface area (Å²) < 4.78 is 5.25. The maximum Gasteiger partial charge on any atom is 0.325 e. The summed E-state index contributed by atoms with van der Waals surface area (Å²) in [7, 11) is 0. The first kappa shape index (κ1) is 16.7. The second-order valence-corrected chi connectivity index (χ2v) is 5.49. The standard InChI is InChI=1S/C15H20ClN3O3/c1-2-15(11-3-5-12(16)6-4-11)13(20)19(14(21)18-15)8-10-22-9-7-17/h3-6H,2,7-10,17H2,1H3,(H,18,21). The average Bonchev–Trinajstić information content (AvgIpc) is 2.76. The van der Waals surface area contributed by atoms with Crippen LogP contribution in [0.3, 0.4) is 0 Å². The molecule has 1 aliphatic rings. The zero-order valence-corrected chi connectivity index (χ0v) is 13.2. The Balaban J connectivity index is 2.18. The summed E-state index contributed by atoms with van der Waals surface area (Å²) in [6.45, 7) is 3.15. The number of imide groups is 1. The van der Waals surface area contributed by atoms with Gasteiger partial charge in [0.1, 0.15) is 5.54 Å². The van der Waals surface area contributed by atoms with Gasteiger partial charge in [0.15, 0.2) is 0 Å². The van der Waals surface area contributed by atoms with Gasteiger partial charge in [-0.15, -0.1) is 0 Å². The zero-order valence-electron chi connectivity index (χ0n) is 12.5. The highest BCUT2D eigenvalue weighted by atomic mass is 35.5. The number of nitrogens with one attached hydrogen (secondary N) is 1. The second-order valence-electron chi connectivity index (χ2n) is 5.05. The average molecular weight is 326 g/mol. The maximum atomic E-state index is 12.7. The third kappa shape index (κ3) is 3.09. The minimum Gasteiger partial charge on any atom is -0.378 e. The summed E-state index contributed by atoms with van der Waals surface area (Å²) in [5.74, 6) is -0.265. The molecule has 1 aromatic carbocycles. The lowest BCUT2D eigenvalue weighted by molar-refractivity contribution is -0.132. The Morgan fingerprint density at radius 2 is 1.95 bits per heavy atom. The molecule has 1 aromatic rings. The van der Waals surface area contributed by atoms with Gasteiger partial charge in [-0.3, -0.25) is 9.69 Å². The molecule has 3 N–H and O–H groups in total. The highest BCUT2D eigenvalue weighted by Crippen LogP contribution is 2.32. The molecule has 1 heterocycles. The lowest BCUT2D eigenvalue weighted by Crippen LogP contribution is -2.43. The number of nitrogens with two attached hydrogens (primary N) is 1. The number of amides is 3. The zero-order chi connectivity index (χ0) is 16.2. The smallest absolute Gasteiger partial charge is 0.325 e. The fourth-order valence-electron chi connectivity index (χ4n) is 2.54. The van der Waals surface area contributed by atoms with Gasteiger partial charge in [0.05, 0.1) is 19.8 Å². The molecule has 0 bridgehead atoms. The van der Waals surface area contributed by atoms with Crippen molar-refractivity contribution in [2.75, 3.05) is 26.3 Å². The third-order valence-corrected chi connectivity index (χ3v) is 4.02. The Morgan fingerprint density at radius 1 is 1.27 bits per heavy atom. The third-order valence-electron chi connectivity index (χ3n) is 3.76. The molecule has 0 aliphatic carbocycles. The van der Waals surface area contributed by atoms with Crippen molar-refractivity contribution in [1.29, 1.82) is 0 Å². The predicted octanol–water partition coefficient (Wildman–Crippen LogP) is 1.47. The molecular formula is C15H20ClN3O3. The molecule has 0 aromatic heterocycles. The fraction of sp³-hybridized carbons (Fsp3) is 0.467. The largest absolute Gasteiger partial charge is 0.378 e. The number of carbonyl (C=O) groups is 2. The second kappa shape index (κ2) is 7.09. The number of benzene rings is 1. The van der Waals surface area contributed by atoms with Crippen LogP contribution < -0.4 is 11.1 Å². The van der Waals surface area contributed by atoms with Crippen molar-refractivity contribution < 1.29 is 14.3 Å². The highest BCUT2D eigenvalue weighted by molar-refractivity contribution is 6.30. The number of hydrogen-bond donors (Lipinski definition) is 2. The van der Waals surface area contributed by atoms with Crippen molar-refractivity contribution in [3.63, 3.8) is 0 Å². The number of carbonyl (C=O) groups excluding carboxylic acids is 2. The molecular weight excluding hydrogens is 306 g/mol. The quantitative estimate of drug-likeness (QED) is 0.587. The Hall–Kier alpha value is -1.63. The lowest BCUT2D eigenvalue weighted by atomic mass is 9.87. The molecule has 0 radical (unpaired) electrons. The van der Waals surface area contributed by atoms with E-state index in [9.17, 15) is 9.59 Å². The topological polar surface area (TPSA) is 84.7 Å². The van der Waals surface area contributed by atoms with Crippen molar-refractivity contribution in [1.82, 2.24) is 10.2 Å². The highest BCUT2D eigenvalue weighted by Gasteiger charge is 2.50. The van der Waals surface area contributed by atoms with E-state index in [4.69, 9.17) is 22.1 Å². The van der Waals surface area contributed by atoms with Crippen molar-refractivity contribution in [3.05, 3.63) is 34.9 Å². The maximum absolute atomic E-state index is 12.7. The molecule has 3 amide bonds. The summed E-state index contributed by atoms with van der Waals surface area (Å²) in [6, 6.07) is 6.54. The van der Waals surface area contributed by atoms with E-state index < -0.39 is 11.6 Å². The molecule has 22 heavy (non-hydrogen) atoms. The SMILES string of the molecule is CCC1(c2ccc(Cl)cc2)NC(=O)N(CCOCCN)C1=O. The molecule has 0 spiro atoms. The molecule has 1 aliphatic heterocycles. The van der Waals surface area contributed by atoms with Crippen LogP contribution in [-0.2, 0) is 15.1 Å². The first-order valence-corrected chi connectivity index (χ1v) is 7.61. The van der Waals surface area contributed by atoms with Gasteiger partial charge in [-0.05, 0) is 24.1 Å². The predicted molar refractivity (Wildman–Crippen MR) is 83.5 cm³/mol. The summed E-state index contributed by atoms with van der Waals surface area (Å²) in [6.07, 6.45) is 0.458. The Morgan fingerprint density at radius 3 is 2.55 bits per heavy atom. The van der Waals surface area contributed by atoms with Crippen LogP contribution in [0.4, 0.5) is 4.79 Å². The number of hydrogen-bond acceptors (Lipinski definition) is 4. The minimum absolute atomic E-state index is 0.208. The van der Waals surface area contributed by atoms with Crippen LogP contribution in [0.25, 0.3) is 0 Å². The number of urea groups is 1. The van der Waals surface area contributed by atoms with Gasteiger partial charge in [-0.2, -0.15) is 0 Å². The van der Waals surface area contributed by atoms with E-state index in [1.165, 1.54) is 4.90 Å². The summed E-state index contributed by atoms with van der Waals surface area (Å²) in [4.78, 5) is 26.1. The van der Waals surface area contributed by atoms with E-state index in [-0.39, 0.29) is 19.1 Å². The van der Waals surface area contributed by atoms with E-state index in [0.29, 0.717) is 24.6 Å². The molecule has 1 fully saturated rings. The molecule has 1 atom stereocenters. The lowest BCUT2D eigenvalue weighted by Gasteiger charge is -2.25. The molecule has 1 unspecified atom stereocenters. The number of halogens is 1. The molecule has 1 saturated heterocycles. The number of rotatable bonds is 7. The van der Waals surface area contributed by atoms with E-state index in [0.717, 1.165) is 5.56 Å². The van der Waals surface area contributed by atoms with Crippen LogP contribution in [0.15, 0.2) is 24.3 Å². The van der Waals surface area contributed by atoms with Crippen LogP contribution in [-0.4, -0.2) is 43.1 Å². The van der Waals surface area contributed by atoms with Crippen LogP contribution in [0.5, 0.6) is 0 Å². The van der Waals surface area contributed by atoms with Crippen molar-refractivity contribution >= 4 is 23.5 Å². The van der Waals surface area contributed by atoms with E-state index in [2.05, 4.69) is 5.32 Å². The molecule has 120 valence electrons. The van der Waals surface area contributed by atoms with Crippen LogP contribution in [0.1, 0.15) is 18.9 Å². The van der Waals surface area contributed by atoms with E-state index >= 15 is 0 Å². The molecule has 0 saturated carbocycles. The van der Waals surface area contributed by atoms with E-state index in [1.807, 2.05) is 6.92 Å². The van der Waals surface area contributed by atoms with Crippen LogP contribution >= 0.6 is 11.6 Å². The first-order valence-electron chi connectivity index (χ1n) is 7.23. The summed E-state index contributed by atoms with van der Waals surface area (Å²) in [5, 5.41) is 3.39. The monoisotopic (exact) mass is 325 g/mol. The number of nitrogens with zero attached hydrogens (tertiary/aromatic N) is 1. The van der Waals surface area contributed by atoms with Crippen LogP contribution in [0, 0.1) is 0 Å².